The van der Waals surface area contributed by atoms with E-state index in [-0.39, 0.29) is 23.6 Å². The van der Waals surface area contributed by atoms with E-state index in [4.69, 9.17) is 4.74 Å². The topological polar surface area (TPSA) is 60.3 Å². The zero-order chi connectivity index (χ0) is 16.2. The summed E-state index contributed by atoms with van der Waals surface area (Å²) >= 11 is 0. The van der Waals surface area contributed by atoms with Gasteiger partial charge in [0.15, 0.2) is 0 Å². The number of nitrogens with one attached hydrogen (secondary N) is 1. The molecule has 2 aromatic rings. The van der Waals surface area contributed by atoms with Gasteiger partial charge in [-0.05, 0) is 37.5 Å². The lowest BCUT2D eigenvalue weighted by molar-refractivity contribution is 0.0893. The van der Waals surface area contributed by atoms with Gasteiger partial charge in [0.05, 0.1) is 6.04 Å². The minimum atomic E-state index is -0.226. The molecule has 5 heteroatoms. The normalized spacial score (nSPS) is 20.2. The van der Waals surface area contributed by atoms with Gasteiger partial charge in [-0.15, -0.1) is 0 Å². The maximum absolute atomic E-state index is 12.3. The molecular weight excluding hydrogens is 292 g/mol. The second-order valence-electron chi connectivity index (χ2n) is 5.84. The number of hydrogen-bond donors (Lipinski definition) is 1. The highest BCUT2D eigenvalue weighted by atomic mass is 16.5. The van der Waals surface area contributed by atoms with Crippen LogP contribution in [0, 0.1) is 0 Å². The molecule has 23 heavy (non-hydrogen) atoms. The van der Waals surface area contributed by atoms with Crippen LogP contribution in [0.1, 0.15) is 29.6 Å². The highest BCUT2D eigenvalue weighted by Gasteiger charge is 2.30. The van der Waals surface area contributed by atoms with Gasteiger partial charge in [0, 0.05) is 24.9 Å². The number of benzene rings is 1. The third-order valence-electron chi connectivity index (χ3n) is 4.17. The fraction of sp³-hybridized carbons (Fsp3) is 0.333. The lowest BCUT2D eigenvalue weighted by Crippen LogP contribution is -2.42. The van der Waals surface area contributed by atoms with Crippen molar-refractivity contribution in [1.82, 2.24) is 9.88 Å². The predicted molar refractivity (Wildman–Crippen MR) is 87.6 cm³/mol. The average Bonchev–Trinajstić information content (AvgIpc) is 2.98. The number of aryl methyl sites for hydroxylation is 1. The van der Waals surface area contributed by atoms with Crippen molar-refractivity contribution >= 4 is 5.91 Å². The van der Waals surface area contributed by atoms with Crippen LogP contribution < -0.4 is 15.6 Å². The molecule has 1 heterocycles. The molecule has 0 aliphatic heterocycles. The second kappa shape index (κ2) is 6.69. The molecule has 1 amide bonds. The Labute approximate surface area is 134 Å². The van der Waals surface area contributed by atoms with Crippen molar-refractivity contribution in [1.29, 1.82) is 0 Å². The molecule has 1 aliphatic carbocycles. The number of para-hydroxylation sites is 1. The minimum absolute atomic E-state index is 0.0344. The SMILES string of the molecule is Cn1ccc(C(=O)N[C@H]2CCC[C@H]2Oc2ccccc2)cc1=O. The van der Waals surface area contributed by atoms with Crippen molar-refractivity contribution in [3.63, 3.8) is 0 Å². The molecule has 1 aromatic heterocycles. The van der Waals surface area contributed by atoms with E-state index in [1.807, 2.05) is 30.3 Å². The summed E-state index contributed by atoms with van der Waals surface area (Å²) in [4.78, 5) is 24.0. The summed E-state index contributed by atoms with van der Waals surface area (Å²) in [6.45, 7) is 0. The van der Waals surface area contributed by atoms with E-state index in [1.165, 1.54) is 10.6 Å². The van der Waals surface area contributed by atoms with Crippen LogP contribution in [0.4, 0.5) is 0 Å². The van der Waals surface area contributed by atoms with Crippen LogP contribution in [-0.2, 0) is 7.05 Å². The Kier molecular flexibility index (Phi) is 4.46. The fourth-order valence-electron chi connectivity index (χ4n) is 2.85. The summed E-state index contributed by atoms with van der Waals surface area (Å²) in [6, 6.07) is 12.6. The van der Waals surface area contributed by atoms with Gasteiger partial charge in [0.2, 0.25) is 0 Å². The largest absolute Gasteiger partial charge is 0.488 e. The van der Waals surface area contributed by atoms with Gasteiger partial charge in [-0.2, -0.15) is 0 Å². The van der Waals surface area contributed by atoms with Gasteiger partial charge >= 0.3 is 0 Å². The number of amides is 1. The third kappa shape index (κ3) is 3.62. The van der Waals surface area contributed by atoms with Crippen LogP contribution in [0.3, 0.4) is 0 Å². The first-order valence-corrected chi connectivity index (χ1v) is 7.83. The number of rotatable bonds is 4. The quantitative estimate of drug-likeness (QED) is 0.940. The van der Waals surface area contributed by atoms with E-state index in [9.17, 15) is 9.59 Å². The van der Waals surface area contributed by atoms with Gasteiger partial charge in [0.25, 0.3) is 11.5 Å². The highest BCUT2D eigenvalue weighted by molar-refractivity contribution is 5.94. The molecule has 3 rings (SSSR count). The van der Waals surface area contributed by atoms with Crippen molar-refractivity contribution in [3.05, 3.63) is 64.6 Å². The summed E-state index contributed by atoms with van der Waals surface area (Å²) in [5, 5.41) is 3.00. The van der Waals surface area contributed by atoms with Crippen LogP contribution in [0.15, 0.2) is 53.5 Å². The number of carbonyl (C=O) groups is 1. The van der Waals surface area contributed by atoms with E-state index in [2.05, 4.69) is 5.32 Å². The second-order valence-corrected chi connectivity index (χ2v) is 5.84. The average molecular weight is 312 g/mol. The molecular formula is C18H20N2O3. The van der Waals surface area contributed by atoms with Crippen molar-refractivity contribution in [2.75, 3.05) is 0 Å². The lowest BCUT2D eigenvalue weighted by Gasteiger charge is -2.22. The minimum Gasteiger partial charge on any atom is -0.488 e. The third-order valence-corrected chi connectivity index (χ3v) is 4.17. The van der Waals surface area contributed by atoms with E-state index in [1.54, 1.807) is 19.3 Å². The summed E-state index contributed by atoms with van der Waals surface area (Å²) in [5.41, 5.74) is 0.194. The van der Waals surface area contributed by atoms with Gasteiger partial charge in [0.1, 0.15) is 11.9 Å². The molecule has 1 N–H and O–H groups in total. The number of pyridine rings is 1. The molecule has 0 spiro atoms. The molecule has 1 saturated carbocycles. The fourth-order valence-corrected chi connectivity index (χ4v) is 2.85. The standard InChI is InChI=1S/C18H20N2O3/c1-20-11-10-13(12-17(20)21)18(22)19-15-8-5-9-16(15)23-14-6-3-2-4-7-14/h2-4,6-7,10-12,15-16H,5,8-9H2,1H3,(H,19,22)/t15-,16+/m0/s1. The van der Waals surface area contributed by atoms with Gasteiger partial charge < -0.3 is 14.6 Å². The van der Waals surface area contributed by atoms with Crippen LogP contribution in [0.5, 0.6) is 5.75 Å². The van der Waals surface area contributed by atoms with Gasteiger partial charge in [-0.25, -0.2) is 0 Å². The van der Waals surface area contributed by atoms with Crippen molar-refractivity contribution in [2.45, 2.75) is 31.4 Å². The van der Waals surface area contributed by atoms with Crippen LogP contribution in [-0.4, -0.2) is 22.6 Å². The zero-order valence-corrected chi connectivity index (χ0v) is 13.1. The monoisotopic (exact) mass is 312 g/mol. The first kappa shape index (κ1) is 15.3. The van der Waals surface area contributed by atoms with Crippen LogP contribution in [0.25, 0.3) is 0 Å². The van der Waals surface area contributed by atoms with Crippen molar-refractivity contribution in [3.8, 4) is 5.75 Å². The van der Waals surface area contributed by atoms with E-state index >= 15 is 0 Å². The Hall–Kier alpha value is -2.56. The van der Waals surface area contributed by atoms with E-state index in [0.29, 0.717) is 5.56 Å². The van der Waals surface area contributed by atoms with E-state index < -0.39 is 0 Å². The molecule has 1 fully saturated rings. The molecule has 1 aliphatic rings. The van der Waals surface area contributed by atoms with Crippen molar-refractivity contribution < 1.29 is 9.53 Å². The Morgan fingerprint density at radius 3 is 2.74 bits per heavy atom. The Balaban J connectivity index is 1.67. The molecule has 5 nitrogen and oxygen atoms in total. The molecule has 0 unspecified atom stereocenters. The maximum Gasteiger partial charge on any atom is 0.251 e. The predicted octanol–water partition coefficient (Wildman–Crippen LogP) is 2.12. The lowest BCUT2D eigenvalue weighted by atomic mass is 10.1. The van der Waals surface area contributed by atoms with E-state index in [0.717, 1.165) is 25.0 Å². The Morgan fingerprint density at radius 1 is 1.22 bits per heavy atom. The first-order chi connectivity index (χ1) is 11.1. The molecule has 120 valence electrons. The highest BCUT2D eigenvalue weighted by Crippen LogP contribution is 2.24. The summed E-state index contributed by atoms with van der Waals surface area (Å²) in [6.07, 6.45) is 4.38. The Bertz CT molecular complexity index is 739. The van der Waals surface area contributed by atoms with Gasteiger partial charge in [-0.3, -0.25) is 9.59 Å². The molecule has 0 bridgehead atoms. The summed E-state index contributed by atoms with van der Waals surface area (Å²) < 4.78 is 7.43. The Morgan fingerprint density at radius 2 is 2.00 bits per heavy atom. The molecule has 1 aromatic carbocycles. The van der Waals surface area contributed by atoms with Crippen molar-refractivity contribution in [2.24, 2.45) is 7.05 Å². The smallest absolute Gasteiger partial charge is 0.251 e. The number of hydrogen-bond acceptors (Lipinski definition) is 3. The van der Waals surface area contributed by atoms with Gasteiger partial charge in [-0.1, -0.05) is 18.2 Å². The first-order valence-electron chi connectivity index (χ1n) is 7.83. The molecule has 0 saturated heterocycles. The zero-order valence-electron chi connectivity index (χ0n) is 13.1. The summed E-state index contributed by atoms with van der Waals surface area (Å²) in [5.74, 6) is 0.587. The number of nitrogens with zero attached hydrogens (tertiary/aromatic N) is 1. The van der Waals surface area contributed by atoms with Crippen LogP contribution >= 0.6 is 0 Å². The number of aromatic nitrogens is 1. The maximum atomic E-state index is 12.3. The summed E-state index contributed by atoms with van der Waals surface area (Å²) in [7, 11) is 1.66. The number of carbonyl (C=O) groups excluding carboxylic acids is 1. The molecule has 2 atom stereocenters. The number of ether oxygens (including phenoxy) is 1. The molecule has 0 radical (unpaired) electrons. The van der Waals surface area contributed by atoms with Crippen LogP contribution in [0.2, 0.25) is 0 Å².